The Hall–Kier alpha value is -1.92. The van der Waals surface area contributed by atoms with Gasteiger partial charge in [-0.05, 0) is 44.5 Å². The monoisotopic (exact) mass is 287 g/mol. The van der Waals surface area contributed by atoms with Gasteiger partial charge in [0, 0.05) is 6.54 Å². The van der Waals surface area contributed by atoms with Crippen LogP contribution in [0.2, 0.25) is 0 Å². The largest absolute Gasteiger partial charge is 0.352 e. The van der Waals surface area contributed by atoms with Crippen LogP contribution in [0.4, 0.5) is 0 Å². The van der Waals surface area contributed by atoms with E-state index in [2.05, 4.69) is 20.6 Å². The number of carbonyl (C=O) groups excluding carboxylic acids is 1. The van der Waals surface area contributed by atoms with Gasteiger partial charge in [-0.3, -0.25) is 4.79 Å². The maximum absolute atomic E-state index is 12.2. The summed E-state index contributed by atoms with van der Waals surface area (Å²) in [5.74, 6) is 0.830. The number of H-pyrrole nitrogens is 1. The summed E-state index contributed by atoms with van der Waals surface area (Å²) < 4.78 is 0. The molecule has 1 aromatic heterocycles. The molecule has 3 rings (SSSR count). The smallest absolute Gasteiger partial charge is 0.253 e. The van der Waals surface area contributed by atoms with Gasteiger partial charge >= 0.3 is 0 Å². The van der Waals surface area contributed by atoms with Gasteiger partial charge in [-0.2, -0.15) is 0 Å². The summed E-state index contributed by atoms with van der Waals surface area (Å²) >= 11 is 0. The van der Waals surface area contributed by atoms with E-state index < -0.39 is 0 Å². The number of nitrogens with one attached hydrogen (secondary N) is 3. The summed E-state index contributed by atoms with van der Waals surface area (Å²) in [5, 5.41) is 6.30. The number of aromatic nitrogens is 2. The molecular weight excluding hydrogens is 266 g/mol. The quantitative estimate of drug-likeness (QED) is 0.618. The van der Waals surface area contributed by atoms with Gasteiger partial charge in [0.05, 0.1) is 17.1 Å². The van der Waals surface area contributed by atoms with E-state index in [1.165, 1.54) is 0 Å². The Labute approximate surface area is 123 Å². The second-order valence-corrected chi connectivity index (χ2v) is 5.37. The Morgan fingerprint density at radius 2 is 2.38 bits per heavy atom. The molecule has 1 aliphatic heterocycles. The summed E-state index contributed by atoms with van der Waals surface area (Å²) in [6.07, 6.45) is 3.02. The fraction of sp³-hybridized carbons (Fsp3) is 0.467. The molecule has 0 aliphatic carbocycles. The SMILES string of the molecule is NCCCNC(=O)c1cccc2[nH]c(C3CCCN3)nc12. The standard InChI is InChI=1S/C15H21N5O/c16-7-3-9-18-15(21)10-4-1-5-11-13(10)20-14(19-11)12-6-2-8-17-12/h1,4-5,12,17H,2-3,6-9,16H2,(H,18,21)(H,19,20). The molecule has 1 saturated heterocycles. The summed E-state index contributed by atoms with van der Waals surface area (Å²) in [6, 6.07) is 5.92. The lowest BCUT2D eigenvalue weighted by atomic mass is 10.1. The molecule has 6 heteroatoms. The van der Waals surface area contributed by atoms with Crippen molar-refractivity contribution in [2.24, 2.45) is 5.73 Å². The third-order valence-corrected chi connectivity index (χ3v) is 3.83. The van der Waals surface area contributed by atoms with Crippen LogP contribution < -0.4 is 16.4 Å². The predicted molar refractivity (Wildman–Crippen MR) is 82.1 cm³/mol. The van der Waals surface area contributed by atoms with Crippen LogP contribution in [0, 0.1) is 0 Å². The second-order valence-electron chi connectivity index (χ2n) is 5.37. The molecule has 2 aromatic rings. The highest BCUT2D eigenvalue weighted by molar-refractivity contribution is 6.04. The summed E-state index contributed by atoms with van der Waals surface area (Å²) in [4.78, 5) is 20.2. The Morgan fingerprint density at radius 1 is 1.48 bits per heavy atom. The average Bonchev–Trinajstić information content (AvgIpc) is 3.15. The number of aromatic amines is 1. The van der Waals surface area contributed by atoms with E-state index in [9.17, 15) is 4.79 Å². The van der Waals surface area contributed by atoms with E-state index in [1.807, 2.05) is 18.2 Å². The van der Waals surface area contributed by atoms with E-state index in [1.54, 1.807) is 0 Å². The maximum Gasteiger partial charge on any atom is 0.253 e. The fourth-order valence-electron chi connectivity index (χ4n) is 2.72. The lowest BCUT2D eigenvalue weighted by Gasteiger charge is -2.05. The van der Waals surface area contributed by atoms with Gasteiger partial charge < -0.3 is 21.4 Å². The minimum absolute atomic E-state index is 0.0912. The first-order valence-corrected chi connectivity index (χ1v) is 7.50. The topological polar surface area (TPSA) is 95.8 Å². The average molecular weight is 287 g/mol. The van der Waals surface area contributed by atoms with Crippen LogP contribution in [0.15, 0.2) is 18.2 Å². The van der Waals surface area contributed by atoms with Crippen LogP contribution in [0.1, 0.15) is 41.5 Å². The van der Waals surface area contributed by atoms with Crippen molar-refractivity contribution in [3.8, 4) is 0 Å². The zero-order chi connectivity index (χ0) is 14.7. The molecule has 112 valence electrons. The number of fused-ring (bicyclic) bond motifs is 1. The maximum atomic E-state index is 12.2. The number of benzene rings is 1. The van der Waals surface area contributed by atoms with Gasteiger partial charge in [-0.25, -0.2) is 4.98 Å². The molecule has 1 aliphatic rings. The van der Waals surface area contributed by atoms with Gasteiger partial charge in [0.2, 0.25) is 0 Å². The molecule has 1 aromatic carbocycles. The van der Waals surface area contributed by atoms with Crippen molar-refractivity contribution in [3.05, 3.63) is 29.6 Å². The van der Waals surface area contributed by atoms with Gasteiger partial charge in [0.1, 0.15) is 11.3 Å². The Balaban J connectivity index is 1.86. The van der Waals surface area contributed by atoms with Crippen LogP contribution in [-0.4, -0.2) is 35.5 Å². The first kappa shape index (κ1) is 14.0. The minimum atomic E-state index is -0.0912. The van der Waals surface area contributed by atoms with Crippen molar-refractivity contribution < 1.29 is 4.79 Å². The first-order valence-electron chi connectivity index (χ1n) is 7.50. The number of rotatable bonds is 5. The van der Waals surface area contributed by atoms with E-state index in [-0.39, 0.29) is 11.9 Å². The molecule has 5 N–H and O–H groups in total. The lowest BCUT2D eigenvalue weighted by molar-refractivity contribution is 0.0955. The van der Waals surface area contributed by atoms with Crippen LogP contribution in [-0.2, 0) is 0 Å². The number of nitrogens with zero attached hydrogens (tertiary/aromatic N) is 1. The highest BCUT2D eigenvalue weighted by Gasteiger charge is 2.21. The van der Waals surface area contributed by atoms with Crippen molar-refractivity contribution in [2.45, 2.75) is 25.3 Å². The number of carbonyl (C=O) groups is 1. The van der Waals surface area contributed by atoms with Crippen LogP contribution in [0.25, 0.3) is 11.0 Å². The Kier molecular flexibility index (Phi) is 4.17. The van der Waals surface area contributed by atoms with Gasteiger partial charge in [-0.15, -0.1) is 0 Å². The highest BCUT2D eigenvalue weighted by atomic mass is 16.1. The molecule has 0 bridgehead atoms. The molecule has 0 spiro atoms. The zero-order valence-corrected chi connectivity index (χ0v) is 12.0. The zero-order valence-electron chi connectivity index (χ0n) is 12.0. The predicted octanol–water partition coefficient (Wildman–Crippen LogP) is 1.07. The van der Waals surface area contributed by atoms with Crippen molar-refractivity contribution >= 4 is 16.9 Å². The summed E-state index contributed by atoms with van der Waals surface area (Å²) in [7, 11) is 0. The van der Waals surface area contributed by atoms with Crippen molar-refractivity contribution in [2.75, 3.05) is 19.6 Å². The molecule has 1 atom stereocenters. The molecule has 2 heterocycles. The van der Waals surface area contributed by atoms with E-state index in [0.29, 0.717) is 18.7 Å². The summed E-state index contributed by atoms with van der Waals surface area (Å²) in [5.41, 5.74) is 7.71. The molecule has 1 unspecified atom stereocenters. The molecule has 0 saturated carbocycles. The van der Waals surface area contributed by atoms with Gasteiger partial charge in [-0.1, -0.05) is 6.07 Å². The third-order valence-electron chi connectivity index (χ3n) is 3.83. The fourth-order valence-corrected chi connectivity index (χ4v) is 2.72. The molecule has 1 fully saturated rings. The number of amides is 1. The summed E-state index contributed by atoms with van der Waals surface area (Å²) in [6.45, 7) is 2.19. The Morgan fingerprint density at radius 3 is 3.14 bits per heavy atom. The van der Waals surface area contributed by atoms with Gasteiger partial charge in [0.25, 0.3) is 5.91 Å². The van der Waals surface area contributed by atoms with Crippen LogP contribution in [0.3, 0.4) is 0 Å². The highest BCUT2D eigenvalue weighted by Crippen LogP contribution is 2.24. The molecule has 6 nitrogen and oxygen atoms in total. The Bertz CT molecular complexity index is 630. The van der Waals surface area contributed by atoms with Crippen LogP contribution >= 0.6 is 0 Å². The van der Waals surface area contributed by atoms with Crippen LogP contribution in [0.5, 0.6) is 0 Å². The van der Waals surface area contributed by atoms with E-state index in [0.717, 1.165) is 42.7 Å². The van der Waals surface area contributed by atoms with Crippen molar-refractivity contribution in [1.82, 2.24) is 20.6 Å². The number of hydrogen-bond acceptors (Lipinski definition) is 4. The van der Waals surface area contributed by atoms with E-state index in [4.69, 9.17) is 5.73 Å². The van der Waals surface area contributed by atoms with Crippen molar-refractivity contribution in [3.63, 3.8) is 0 Å². The normalized spacial score (nSPS) is 18.2. The number of imidazole rings is 1. The first-order chi connectivity index (χ1) is 10.3. The van der Waals surface area contributed by atoms with E-state index >= 15 is 0 Å². The second kappa shape index (κ2) is 6.24. The number of nitrogens with two attached hydrogens (primary N) is 1. The lowest BCUT2D eigenvalue weighted by Crippen LogP contribution is -2.26. The third kappa shape index (κ3) is 2.91. The number of hydrogen-bond donors (Lipinski definition) is 4. The van der Waals surface area contributed by atoms with Crippen molar-refractivity contribution in [1.29, 1.82) is 0 Å². The molecule has 1 amide bonds. The number of para-hydroxylation sites is 1. The molecule has 0 radical (unpaired) electrons. The molecule has 21 heavy (non-hydrogen) atoms. The van der Waals surface area contributed by atoms with Gasteiger partial charge in [0.15, 0.2) is 0 Å². The molecular formula is C15H21N5O. The minimum Gasteiger partial charge on any atom is -0.352 e.